The van der Waals surface area contributed by atoms with Gasteiger partial charge in [0, 0.05) is 22.3 Å². The Balaban J connectivity index is 1.66. The maximum Gasteiger partial charge on any atom is 0.185 e. The van der Waals surface area contributed by atoms with E-state index in [0.717, 1.165) is 73.6 Å². The molecule has 1 aliphatic rings. The maximum atomic E-state index is 11.4. The van der Waals surface area contributed by atoms with Gasteiger partial charge in [0.1, 0.15) is 0 Å². The summed E-state index contributed by atoms with van der Waals surface area (Å²) in [6, 6.07) is 0. The van der Waals surface area contributed by atoms with E-state index in [1.165, 1.54) is 0 Å². The van der Waals surface area contributed by atoms with Gasteiger partial charge in [-0.25, -0.2) is 0 Å². The molecule has 0 atom stereocenters. The van der Waals surface area contributed by atoms with E-state index >= 15 is 0 Å². The van der Waals surface area contributed by atoms with Crippen molar-refractivity contribution in [2.45, 2.75) is 51.4 Å². The van der Waals surface area contributed by atoms with Crippen molar-refractivity contribution >= 4 is 0 Å². The predicted molar refractivity (Wildman–Crippen MR) is 63.5 cm³/mol. The zero-order valence-electron chi connectivity index (χ0n) is 9.47. The van der Waals surface area contributed by atoms with Crippen molar-refractivity contribution in [2.24, 2.45) is 0 Å². The highest BCUT2D eigenvalue weighted by atomic mass is 16.1. The summed E-state index contributed by atoms with van der Waals surface area (Å²) in [5.41, 5.74) is 5.13. The summed E-state index contributed by atoms with van der Waals surface area (Å²) in [4.78, 5) is 22.8. The topological polar surface area (TPSA) is 34.1 Å². The van der Waals surface area contributed by atoms with Crippen molar-refractivity contribution in [1.29, 1.82) is 0 Å². The molecule has 0 unspecified atom stereocenters. The average Bonchev–Trinajstić information content (AvgIpc) is 3.06. The molecule has 2 aromatic rings. The zero-order chi connectivity index (χ0) is 11.1. The van der Waals surface area contributed by atoms with Crippen LogP contribution in [0.15, 0.2) is 9.59 Å². The van der Waals surface area contributed by atoms with Gasteiger partial charge in [-0.2, -0.15) is 0 Å². The highest BCUT2D eigenvalue weighted by Crippen LogP contribution is 2.21. The van der Waals surface area contributed by atoms with Gasteiger partial charge in [-0.1, -0.05) is 0 Å². The van der Waals surface area contributed by atoms with Gasteiger partial charge in [0.05, 0.1) is 0 Å². The lowest BCUT2D eigenvalue weighted by Crippen LogP contribution is -1.87. The number of rotatable bonds is 0. The fraction of sp³-hybridized carbons (Fsp3) is 0.571. The van der Waals surface area contributed by atoms with E-state index in [-0.39, 0.29) is 0 Å². The molecule has 2 heteroatoms. The Morgan fingerprint density at radius 1 is 0.500 bits per heavy atom. The van der Waals surface area contributed by atoms with Crippen LogP contribution in [0.4, 0.5) is 0 Å². The van der Waals surface area contributed by atoms with Crippen LogP contribution in [0.1, 0.15) is 47.9 Å². The van der Waals surface area contributed by atoms with Crippen molar-refractivity contribution in [3.05, 3.63) is 42.7 Å². The molecule has 0 bridgehead atoms. The van der Waals surface area contributed by atoms with Crippen molar-refractivity contribution in [3.63, 3.8) is 0 Å². The van der Waals surface area contributed by atoms with Crippen LogP contribution >= 0.6 is 0 Å². The van der Waals surface area contributed by atoms with Crippen LogP contribution in [0.3, 0.4) is 0 Å². The first kappa shape index (κ1) is 10.0. The monoisotopic (exact) mass is 216 g/mol. The fourth-order valence-corrected chi connectivity index (χ4v) is 2.76. The summed E-state index contributed by atoms with van der Waals surface area (Å²) in [5.74, 6) is 0. The first-order chi connectivity index (χ1) is 7.79. The molecular formula is C14H16O2. The molecule has 0 aliphatic heterocycles. The molecule has 2 aromatic carbocycles. The molecule has 0 saturated heterocycles. The SMILES string of the molecule is O=c1c2c1CCCCc1c(c1=O)CCCC2. The van der Waals surface area contributed by atoms with Crippen LogP contribution in [0.25, 0.3) is 0 Å². The van der Waals surface area contributed by atoms with Crippen LogP contribution < -0.4 is 10.9 Å². The Kier molecular flexibility index (Phi) is 2.31. The van der Waals surface area contributed by atoms with E-state index in [4.69, 9.17) is 0 Å². The highest BCUT2D eigenvalue weighted by Gasteiger charge is 2.24. The highest BCUT2D eigenvalue weighted by molar-refractivity contribution is 5.41. The fourth-order valence-electron chi connectivity index (χ4n) is 2.76. The van der Waals surface area contributed by atoms with E-state index < -0.39 is 0 Å². The van der Waals surface area contributed by atoms with Gasteiger partial charge in [-0.05, 0) is 51.4 Å². The maximum absolute atomic E-state index is 11.4. The molecule has 0 radical (unpaired) electrons. The Hall–Kier alpha value is -1.18. The third-order valence-corrected chi connectivity index (χ3v) is 3.91. The van der Waals surface area contributed by atoms with Crippen LogP contribution in [0.5, 0.6) is 0 Å². The third kappa shape index (κ3) is 1.66. The van der Waals surface area contributed by atoms with Crippen LogP contribution in [-0.4, -0.2) is 0 Å². The molecule has 0 fully saturated rings. The second-order valence-electron chi connectivity index (χ2n) is 4.99. The summed E-state index contributed by atoms with van der Waals surface area (Å²) in [7, 11) is 0. The van der Waals surface area contributed by atoms with E-state index in [1.807, 2.05) is 0 Å². The normalized spacial score (nSPS) is 19.0. The largest absolute Gasteiger partial charge is 0.289 e. The molecule has 0 N–H and O–H groups in total. The molecule has 0 saturated carbocycles. The van der Waals surface area contributed by atoms with Crippen molar-refractivity contribution in [2.75, 3.05) is 0 Å². The summed E-state index contributed by atoms with van der Waals surface area (Å²) in [6.45, 7) is 0. The molecule has 0 heterocycles. The molecule has 3 rings (SSSR count). The number of hydrogen-bond donors (Lipinski definition) is 0. The van der Waals surface area contributed by atoms with Gasteiger partial charge < -0.3 is 0 Å². The summed E-state index contributed by atoms with van der Waals surface area (Å²) < 4.78 is 0. The molecule has 0 spiro atoms. The van der Waals surface area contributed by atoms with Crippen molar-refractivity contribution < 1.29 is 0 Å². The minimum atomic E-state index is 0.348. The first-order valence-electron chi connectivity index (χ1n) is 6.32. The molecule has 0 amide bonds. The minimum absolute atomic E-state index is 0.348. The molecule has 16 heavy (non-hydrogen) atoms. The summed E-state index contributed by atoms with van der Waals surface area (Å²) in [5, 5.41) is 0. The zero-order valence-corrected chi connectivity index (χ0v) is 9.47. The van der Waals surface area contributed by atoms with Crippen LogP contribution in [-0.2, 0) is 25.7 Å². The molecular weight excluding hydrogens is 200 g/mol. The minimum Gasteiger partial charge on any atom is -0.289 e. The summed E-state index contributed by atoms with van der Waals surface area (Å²) >= 11 is 0. The van der Waals surface area contributed by atoms with Gasteiger partial charge in [-0.15, -0.1) is 0 Å². The Morgan fingerprint density at radius 3 is 1.00 bits per heavy atom. The van der Waals surface area contributed by atoms with Gasteiger partial charge in [0.25, 0.3) is 0 Å². The molecule has 1 aliphatic carbocycles. The number of fused-ring (bicyclic) bond motifs is 2. The third-order valence-electron chi connectivity index (χ3n) is 3.91. The average molecular weight is 216 g/mol. The van der Waals surface area contributed by atoms with Gasteiger partial charge in [0.2, 0.25) is 0 Å². The predicted octanol–water partition coefficient (Wildman–Crippen LogP) is 1.60. The van der Waals surface area contributed by atoms with Gasteiger partial charge in [-0.3, -0.25) is 9.59 Å². The molecule has 84 valence electrons. The van der Waals surface area contributed by atoms with E-state index in [2.05, 4.69) is 0 Å². The van der Waals surface area contributed by atoms with E-state index in [9.17, 15) is 9.59 Å². The van der Waals surface area contributed by atoms with Crippen molar-refractivity contribution in [3.8, 4) is 0 Å². The molecule has 2 nitrogen and oxygen atoms in total. The molecule has 0 aromatic heterocycles. The standard InChI is InChI=1S/C14H16O2/c15-13-9-5-1-2-6-10-12(14(10)16)8-4-3-7-11(9)13/h1-8H2. The van der Waals surface area contributed by atoms with Crippen LogP contribution in [0, 0.1) is 0 Å². The second-order valence-corrected chi connectivity index (χ2v) is 4.99. The second kappa shape index (κ2) is 3.69. The lowest BCUT2D eigenvalue weighted by atomic mass is 10.1. The Morgan fingerprint density at radius 2 is 0.750 bits per heavy atom. The quantitative estimate of drug-likeness (QED) is 0.670. The van der Waals surface area contributed by atoms with Crippen LogP contribution in [0.2, 0.25) is 0 Å². The van der Waals surface area contributed by atoms with Gasteiger partial charge >= 0.3 is 0 Å². The summed E-state index contributed by atoms with van der Waals surface area (Å²) in [6.07, 6.45) is 8.05. The number of hydrogen-bond acceptors (Lipinski definition) is 2. The smallest absolute Gasteiger partial charge is 0.185 e. The Labute approximate surface area is 94.7 Å². The lowest BCUT2D eigenvalue weighted by molar-refractivity contribution is 0.715. The van der Waals surface area contributed by atoms with E-state index in [1.54, 1.807) is 0 Å². The first-order valence-corrected chi connectivity index (χ1v) is 6.32. The van der Waals surface area contributed by atoms with E-state index in [0.29, 0.717) is 10.9 Å². The van der Waals surface area contributed by atoms with Gasteiger partial charge in [0.15, 0.2) is 10.9 Å². The van der Waals surface area contributed by atoms with Crippen molar-refractivity contribution in [1.82, 2.24) is 0 Å². The lowest BCUT2D eigenvalue weighted by Gasteiger charge is -1.97. The Bertz CT molecular complexity index is 439.